The lowest BCUT2D eigenvalue weighted by Gasteiger charge is -2.13. The van der Waals surface area contributed by atoms with E-state index in [0.29, 0.717) is 37.7 Å². The summed E-state index contributed by atoms with van der Waals surface area (Å²) in [6.45, 7) is 0. The molecule has 2 aliphatic rings. The molecule has 2 heterocycles. The second-order valence-corrected chi connectivity index (χ2v) is 7.81. The highest BCUT2D eigenvalue weighted by Crippen LogP contribution is 2.36. The molecule has 4 rings (SSSR count). The summed E-state index contributed by atoms with van der Waals surface area (Å²) in [6, 6.07) is 9.84. The largest absolute Gasteiger partial charge is 0.453 e. The maximum absolute atomic E-state index is 15.2. The third-order valence-electron chi connectivity index (χ3n) is 4.16. The molecule has 0 aromatic heterocycles. The number of hydrazine groups is 1. The van der Waals surface area contributed by atoms with Crippen LogP contribution in [0.5, 0.6) is 11.5 Å². The SMILES string of the molecule is N#Cc1cc(Cl)cc(Oc2c(Br)ccc(CC3=C4N=CN(Cl)C=C4NN3)c2F)c1. The third-order valence-corrected chi connectivity index (χ3v) is 5.18. The Labute approximate surface area is 184 Å². The number of halogens is 4. The monoisotopic (exact) mass is 493 g/mol. The van der Waals surface area contributed by atoms with Crippen LogP contribution in [0.25, 0.3) is 0 Å². The maximum Gasteiger partial charge on any atom is 0.177 e. The topological polar surface area (TPSA) is 72.7 Å². The number of ether oxygens (including phenoxy) is 1. The zero-order valence-electron chi connectivity index (χ0n) is 14.5. The molecule has 0 spiro atoms. The van der Waals surface area contributed by atoms with Crippen molar-refractivity contribution in [2.24, 2.45) is 4.99 Å². The first kappa shape index (κ1) is 19.6. The Kier molecular flexibility index (Phi) is 5.37. The first-order valence-electron chi connectivity index (χ1n) is 8.25. The molecule has 29 heavy (non-hydrogen) atoms. The van der Waals surface area contributed by atoms with Crippen molar-refractivity contribution < 1.29 is 9.13 Å². The van der Waals surface area contributed by atoms with Crippen molar-refractivity contribution in [3.8, 4) is 17.6 Å². The number of fused-ring (bicyclic) bond motifs is 1. The average Bonchev–Trinajstić information content (AvgIpc) is 3.08. The van der Waals surface area contributed by atoms with Crippen LogP contribution in [-0.4, -0.2) is 10.8 Å². The number of allylic oxidation sites excluding steroid dienone is 1. The van der Waals surface area contributed by atoms with Gasteiger partial charge in [-0.1, -0.05) is 17.7 Å². The molecule has 0 fully saturated rings. The predicted molar refractivity (Wildman–Crippen MR) is 112 cm³/mol. The summed E-state index contributed by atoms with van der Waals surface area (Å²) in [6.07, 6.45) is 3.35. The number of nitrogens with zero attached hydrogens (tertiary/aromatic N) is 3. The van der Waals surface area contributed by atoms with E-state index in [0.717, 1.165) is 0 Å². The van der Waals surface area contributed by atoms with Gasteiger partial charge in [0.2, 0.25) is 0 Å². The molecule has 0 atom stereocenters. The van der Waals surface area contributed by atoms with Crippen molar-refractivity contribution in [3.05, 3.63) is 80.1 Å². The fraction of sp³-hybridized carbons (Fsp3) is 0.0526. The van der Waals surface area contributed by atoms with Crippen LogP contribution in [-0.2, 0) is 6.42 Å². The van der Waals surface area contributed by atoms with Crippen LogP contribution in [0.15, 0.2) is 63.1 Å². The minimum absolute atomic E-state index is 0.0000527. The fourth-order valence-corrected chi connectivity index (χ4v) is 3.61. The van der Waals surface area contributed by atoms with E-state index in [1.807, 2.05) is 6.07 Å². The number of aliphatic imine (C=N–C) groups is 1. The summed E-state index contributed by atoms with van der Waals surface area (Å²) >= 11 is 15.2. The van der Waals surface area contributed by atoms with Crippen molar-refractivity contribution >= 4 is 45.6 Å². The molecule has 2 aromatic carbocycles. The number of rotatable bonds is 4. The third kappa shape index (κ3) is 4.03. The number of nitriles is 1. The number of hydrogen-bond donors (Lipinski definition) is 2. The lowest BCUT2D eigenvalue weighted by molar-refractivity contribution is 0.435. The summed E-state index contributed by atoms with van der Waals surface area (Å²) in [5, 5.41) is 9.41. The highest BCUT2D eigenvalue weighted by Gasteiger charge is 2.24. The lowest BCUT2D eigenvalue weighted by Crippen LogP contribution is -2.24. The molecule has 0 radical (unpaired) electrons. The van der Waals surface area contributed by atoms with Crippen LogP contribution in [0, 0.1) is 17.1 Å². The Morgan fingerprint density at radius 1 is 1.28 bits per heavy atom. The molecule has 0 unspecified atom stereocenters. The molecule has 2 N–H and O–H groups in total. The highest BCUT2D eigenvalue weighted by molar-refractivity contribution is 9.10. The highest BCUT2D eigenvalue weighted by atomic mass is 79.9. The zero-order chi connectivity index (χ0) is 20.5. The Bertz CT molecular complexity index is 1140. The molecule has 0 bridgehead atoms. The fourth-order valence-electron chi connectivity index (χ4n) is 2.86. The number of benzene rings is 2. The summed E-state index contributed by atoms with van der Waals surface area (Å²) < 4.78 is 22.7. The van der Waals surface area contributed by atoms with E-state index in [9.17, 15) is 0 Å². The van der Waals surface area contributed by atoms with Crippen LogP contribution in [0.4, 0.5) is 4.39 Å². The van der Waals surface area contributed by atoms with Gasteiger partial charge in [-0.2, -0.15) is 5.26 Å². The Balaban J connectivity index is 1.66. The van der Waals surface area contributed by atoms with E-state index in [1.165, 1.54) is 29.0 Å². The van der Waals surface area contributed by atoms with Crippen molar-refractivity contribution in [2.45, 2.75) is 6.42 Å². The van der Waals surface area contributed by atoms with Crippen molar-refractivity contribution in [3.63, 3.8) is 0 Å². The molecule has 0 saturated heterocycles. The molecule has 2 aliphatic heterocycles. The summed E-state index contributed by atoms with van der Waals surface area (Å²) in [4.78, 5) is 4.26. The Hall–Kier alpha value is -2.73. The predicted octanol–water partition coefficient (Wildman–Crippen LogP) is 5.11. The summed E-state index contributed by atoms with van der Waals surface area (Å²) in [7, 11) is 0. The standard InChI is InChI=1S/C19H11BrCl2FN5O/c20-14-2-1-11(5-15-18-16(27-26-15)8-28(22)9-25-18)17(23)19(14)29-13-4-10(7-24)3-12(21)6-13/h1-4,6,8-9,26-27H,5H2. The van der Waals surface area contributed by atoms with Crippen molar-refractivity contribution in [2.75, 3.05) is 0 Å². The van der Waals surface area contributed by atoms with Gasteiger partial charge in [0.25, 0.3) is 0 Å². The van der Waals surface area contributed by atoms with Gasteiger partial charge in [0.15, 0.2) is 11.6 Å². The number of nitrogens with one attached hydrogen (secondary N) is 2. The molecule has 0 aliphatic carbocycles. The minimum Gasteiger partial charge on any atom is -0.453 e. The molecular weight excluding hydrogens is 484 g/mol. The zero-order valence-corrected chi connectivity index (χ0v) is 17.6. The Morgan fingerprint density at radius 2 is 2.10 bits per heavy atom. The smallest absolute Gasteiger partial charge is 0.177 e. The maximum atomic E-state index is 15.2. The second-order valence-electron chi connectivity index (χ2n) is 6.12. The van der Waals surface area contributed by atoms with E-state index in [1.54, 1.807) is 18.3 Å². The van der Waals surface area contributed by atoms with Crippen molar-refractivity contribution in [1.82, 2.24) is 15.3 Å². The summed E-state index contributed by atoms with van der Waals surface area (Å²) in [5.74, 6) is -0.276. The van der Waals surface area contributed by atoms with E-state index >= 15 is 4.39 Å². The Morgan fingerprint density at radius 3 is 2.90 bits per heavy atom. The van der Waals surface area contributed by atoms with Crippen LogP contribution in [0.3, 0.4) is 0 Å². The molecular formula is C19H11BrCl2FN5O. The second kappa shape index (κ2) is 7.95. The van der Waals surface area contributed by atoms with E-state index in [2.05, 4.69) is 31.8 Å². The minimum atomic E-state index is -0.538. The molecule has 6 nitrogen and oxygen atoms in total. The summed E-state index contributed by atoms with van der Waals surface area (Å²) in [5.41, 5.74) is 8.69. The molecule has 146 valence electrons. The van der Waals surface area contributed by atoms with E-state index < -0.39 is 5.82 Å². The van der Waals surface area contributed by atoms with Crippen LogP contribution >= 0.6 is 39.3 Å². The first-order valence-corrected chi connectivity index (χ1v) is 9.76. The van der Waals surface area contributed by atoms with Gasteiger partial charge in [0.05, 0.1) is 33.7 Å². The van der Waals surface area contributed by atoms with Gasteiger partial charge in [-0.3, -0.25) is 5.43 Å². The van der Waals surface area contributed by atoms with Gasteiger partial charge in [-0.25, -0.2) is 13.8 Å². The normalized spacial score (nSPS) is 14.7. The molecule has 0 amide bonds. The van der Waals surface area contributed by atoms with Gasteiger partial charge < -0.3 is 10.2 Å². The molecule has 0 saturated carbocycles. The van der Waals surface area contributed by atoms with E-state index in [-0.39, 0.29) is 17.9 Å². The number of hydrogen-bond acceptors (Lipinski definition) is 6. The van der Waals surface area contributed by atoms with Crippen LogP contribution < -0.4 is 15.6 Å². The van der Waals surface area contributed by atoms with Gasteiger partial charge >= 0.3 is 0 Å². The van der Waals surface area contributed by atoms with Crippen LogP contribution in [0.1, 0.15) is 11.1 Å². The quantitative estimate of drug-likeness (QED) is 0.578. The molecule has 10 heteroatoms. The van der Waals surface area contributed by atoms with Crippen molar-refractivity contribution in [1.29, 1.82) is 5.26 Å². The average molecular weight is 495 g/mol. The van der Waals surface area contributed by atoms with Gasteiger partial charge in [-0.15, -0.1) is 0 Å². The van der Waals surface area contributed by atoms with Gasteiger partial charge in [-0.05, 0) is 45.8 Å². The van der Waals surface area contributed by atoms with Crippen LogP contribution in [0.2, 0.25) is 5.02 Å². The first-order chi connectivity index (χ1) is 13.9. The van der Waals surface area contributed by atoms with Gasteiger partial charge in [0.1, 0.15) is 17.8 Å². The van der Waals surface area contributed by atoms with Gasteiger partial charge in [0, 0.05) is 23.2 Å². The lowest BCUT2D eigenvalue weighted by atomic mass is 10.1. The van der Waals surface area contributed by atoms with E-state index in [4.69, 9.17) is 33.4 Å². The molecule has 2 aromatic rings.